The van der Waals surface area contributed by atoms with Crippen LogP contribution in [0.5, 0.6) is 0 Å². The van der Waals surface area contributed by atoms with Crippen molar-refractivity contribution < 1.29 is 8.42 Å². The van der Waals surface area contributed by atoms with Gasteiger partial charge in [-0.1, -0.05) is 18.5 Å². The molecule has 2 rings (SSSR count). The Bertz CT molecular complexity index is 533. The van der Waals surface area contributed by atoms with Crippen molar-refractivity contribution in [1.29, 1.82) is 0 Å². The third kappa shape index (κ3) is 3.85. The van der Waals surface area contributed by atoms with Crippen molar-refractivity contribution in [3.05, 3.63) is 11.2 Å². The smallest absolute Gasteiger partial charge is 0.259 e. The SMILES string of the molecule is Cl.Cn1ncc(Cl)c1S(=O)(=O)NCC1(C)CCNCC1. The fourth-order valence-electron chi connectivity index (χ4n) is 2.25. The summed E-state index contributed by atoms with van der Waals surface area (Å²) in [6.45, 7) is 4.36. The fraction of sp³-hybridized carbons (Fsp3) is 0.727. The molecule has 116 valence electrons. The summed E-state index contributed by atoms with van der Waals surface area (Å²) in [6.07, 6.45) is 3.24. The summed E-state index contributed by atoms with van der Waals surface area (Å²) in [7, 11) is -2.06. The van der Waals surface area contributed by atoms with E-state index in [-0.39, 0.29) is 27.9 Å². The molecule has 1 aromatic rings. The molecular weight excluding hydrogens is 323 g/mol. The van der Waals surface area contributed by atoms with Gasteiger partial charge in [0.2, 0.25) is 0 Å². The molecule has 0 atom stereocenters. The number of nitrogens with one attached hydrogen (secondary N) is 2. The van der Waals surface area contributed by atoms with Crippen LogP contribution in [0.4, 0.5) is 0 Å². The lowest BCUT2D eigenvalue weighted by Gasteiger charge is -2.34. The van der Waals surface area contributed by atoms with Gasteiger partial charge >= 0.3 is 0 Å². The fourth-order valence-corrected chi connectivity index (χ4v) is 4.10. The number of aryl methyl sites for hydroxylation is 1. The van der Waals surface area contributed by atoms with E-state index in [0.717, 1.165) is 25.9 Å². The van der Waals surface area contributed by atoms with Crippen LogP contribution < -0.4 is 10.0 Å². The van der Waals surface area contributed by atoms with E-state index in [1.54, 1.807) is 7.05 Å². The van der Waals surface area contributed by atoms with Crippen LogP contribution in [0.2, 0.25) is 5.02 Å². The molecule has 2 N–H and O–H groups in total. The number of halogens is 2. The molecule has 1 saturated heterocycles. The van der Waals surface area contributed by atoms with Crippen molar-refractivity contribution >= 4 is 34.0 Å². The molecule has 6 nitrogen and oxygen atoms in total. The first kappa shape index (κ1) is 17.7. The van der Waals surface area contributed by atoms with E-state index in [2.05, 4.69) is 22.1 Å². The summed E-state index contributed by atoms with van der Waals surface area (Å²) in [5.74, 6) is 0. The molecule has 0 unspecified atom stereocenters. The highest BCUT2D eigenvalue weighted by Gasteiger charge is 2.30. The second-order valence-corrected chi connectivity index (χ2v) is 7.40. The molecule has 1 fully saturated rings. The number of hydrogen-bond acceptors (Lipinski definition) is 4. The van der Waals surface area contributed by atoms with Gasteiger partial charge in [0.05, 0.1) is 11.2 Å². The van der Waals surface area contributed by atoms with Crippen LogP contribution in [0.15, 0.2) is 11.2 Å². The summed E-state index contributed by atoms with van der Waals surface area (Å²) in [5.41, 5.74) is -0.0105. The van der Waals surface area contributed by atoms with Gasteiger partial charge in [0.15, 0.2) is 5.03 Å². The van der Waals surface area contributed by atoms with Gasteiger partial charge in [-0.05, 0) is 31.3 Å². The normalized spacial score (nSPS) is 18.6. The van der Waals surface area contributed by atoms with Gasteiger partial charge in [-0.3, -0.25) is 4.68 Å². The Morgan fingerprint density at radius 3 is 2.60 bits per heavy atom. The topological polar surface area (TPSA) is 76.0 Å². The van der Waals surface area contributed by atoms with Crippen LogP contribution in [0.1, 0.15) is 19.8 Å². The number of hydrogen-bond donors (Lipinski definition) is 2. The standard InChI is InChI=1S/C11H19ClN4O2S.ClH/c1-11(3-5-13-6-4-11)8-15-19(17,18)10-9(12)7-14-16(10)2;/h7,13,15H,3-6,8H2,1-2H3;1H. The minimum absolute atomic E-state index is 0. The van der Waals surface area contributed by atoms with E-state index in [9.17, 15) is 8.42 Å². The van der Waals surface area contributed by atoms with Crippen LogP contribution in [-0.2, 0) is 17.1 Å². The highest BCUT2D eigenvalue weighted by atomic mass is 35.5. The lowest BCUT2D eigenvalue weighted by molar-refractivity contribution is 0.232. The second-order valence-electron chi connectivity index (χ2n) is 5.31. The van der Waals surface area contributed by atoms with Gasteiger partial charge in [-0.25, -0.2) is 13.1 Å². The molecule has 0 aromatic carbocycles. The van der Waals surface area contributed by atoms with E-state index in [4.69, 9.17) is 11.6 Å². The molecule has 2 heterocycles. The van der Waals surface area contributed by atoms with Gasteiger partial charge in [0, 0.05) is 13.6 Å². The molecule has 0 radical (unpaired) electrons. The molecule has 0 aliphatic carbocycles. The van der Waals surface area contributed by atoms with E-state index in [1.807, 2.05) is 0 Å². The third-order valence-corrected chi connectivity index (χ3v) is 5.50. The van der Waals surface area contributed by atoms with Crippen LogP contribution in [0.3, 0.4) is 0 Å². The van der Waals surface area contributed by atoms with Crippen molar-refractivity contribution in [3.63, 3.8) is 0 Å². The molecule has 1 aliphatic heterocycles. The largest absolute Gasteiger partial charge is 0.317 e. The predicted molar refractivity (Wildman–Crippen MR) is 80.9 cm³/mol. The highest BCUT2D eigenvalue weighted by Crippen LogP contribution is 2.28. The molecule has 0 spiro atoms. The summed E-state index contributed by atoms with van der Waals surface area (Å²) in [5, 5.41) is 7.28. The third-order valence-electron chi connectivity index (χ3n) is 3.60. The first-order valence-electron chi connectivity index (χ1n) is 6.22. The van der Waals surface area contributed by atoms with Crippen LogP contribution in [-0.4, -0.2) is 37.8 Å². The quantitative estimate of drug-likeness (QED) is 0.860. The second kappa shape index (κ2) is 6.62. The predicted octanol–water partition coefficient (Wildman–Crippen LogP) is 1.16. The minimum atomic E-state index is -3.62. The number of aromatic nitrogens is 2. The summed E-state index contributed by atoms with van der Waals surface area (Å²) in [4.78, 5) is 0. The van der Waals surface area contributed by atoms with Crippen LogP contribution >= 0.6 is 24.0 Å². The zero-order valence-electron chi connectivity index (χ0n) is 11.5. The highest BCUT2D eigenvalue weighted by molar-refractivity contribution is 7.89. The zero-order chi connectivity index (χ0) is 14.1. The molecule has 1 aliphatic rings. The molecule has 0 saturated carbocycles. The van der Waals surface area contributed by atoms with E-state index in [0.29, 0.717) is 6.54 Å². The van der Waals surface area contributed by atoms with Gasteiger partial charge < -0.3 is 5.32 Å². The molecule has 0 bridgehead atoms. The minimum Gasteiger partial charge on any atom is -0.317 e. The van der Waals surface area contributed by atoms with Crippen molar-refractivity contribution in [2.45, 2.75) is 24.8 Å². The lowest BCUT2D eigenvalue weighted by Crippen LogP contribution is -2.43. The molecule has 0 amide bonds. The maximum absolute atomic E-state index is 12.2. The molecular formula is C11H20Cl2N4O2S. The summed E-state index contributed by atoms with van der Waals surface area (Å²) >= 11 is 5.87. The van der Waals surface area contributed by atoms with Crippen molar-refractivity contribution in [2.75, 3.05) is 19.6 Å². The van der Waals surface area contributed by atoms with Crippen molar-refractivity contribution in [1.82, 2.24) is 19.8 Å². The Labute approximate surface area is 130 Å². The van der Waals surface area contributed by atoms with E-state index >= 15 is 0 Å². The van der Waals surface area contributed by atoms with Crippen molar-refractivity contribution in [3.8, 4) is 0 Å². The van der Waals surface area contributed by atoms with Gasteiger partial charge in [0.25, 0.3) is 10.0 Å². The Morgan fingerprint density at radius 2 is 2.10 bits per heavy atom. The molecule has 1 aromatic heterocycles. The molecule has 9 heteroatoms. The first-order valence-corrected chi connectivity index (χ1v) is 8.08. The maximum Gasteiger partial charge on any atom is 0.259 e. The van der Waals surface area contributed by atoms with Gasteiger partial charge in [0.1, 0.15) is 0 Å². The van der Waals surface area contributed by atoms with E-state index < -0.39 is 10.0 Å². The Balaban J connectivity index is 0.00000200. The van der Waals surface area contributed by atoms with Gasteiger partial charge in [-0.2, -0.15) is 5.10 Å². The Morgan fingerprint density at radius 1 is 1.50 bits per heavy atom. The first-order chi connectivity index (χ1) is 8.84. The number of nitrogens with zero attached hydrogens (tertiary/aromatic N) is 2. The average molecular weight is 343 g/mol. The van der Waals surface area contributed by atoms with Crippen molar-refractivity contribution in [2.24, 2.45) is 12.5 Å². The summed E-state index contributed by atoms with van der Waals surface area (Å²) in [6, 6.07) is 0. The van der Waals surface area contributed by atoms with Crippen LogP contribution in [0, 0.1) is 5.41 Å². The Kier molecular flexibility index (Phi) is 5.86. The van der Waals surface area contributed by atoms with Crippen LogP contribution in [0.25, 0.3) is 0 Å². The monoisotopic (exact) mass is 342 g/mol. The Hall–Kier alpha value is -0.340. The number of sulfonamides is 1. The maximum atomic E-state index is 12.2. The zero-order valence-corrected chi connectivity index (χ0v) is 13.9. The number of piperidine rings is 1. The lowest BCUT2D eigenvalue weighted by atomic mass is 9.81. The number of rotatable bonds is 4. The molecule has 20 heavy (non-hydrogen) atoms. The average Bonchev–Trinajstić information content (AvgIpc) is 2.68. The van der Waals surface area contributed by atoms with E-state index in [1.165, 1.54) is 10.9 Å². The van der Waals surface area contributed by atoms with Gasteiger partial charge in [-0.15, -0.1) is 12.4 Å². The summed E-state index contributed by atoms with van der Waals surface area (Å²) < 4.78 is 28.4.